The molecule has 2 nitrogen and oxygen atoms in total. The number of aliphatic hydroxyl groups excluding tert-OH is 2. The number of rotatable bonds is 0. The van der Waals surface area contributed by atoms with Gasteiger partial charge >= 0.3 is 0 Å². The lowest BCUT2D eigenvalue weighted by Crippen LogP contribution is -2.37. The van der Waals surface area contributed by atoms with Crippen LogP contribution in [0.15, 0.2) is 0 Å². The van der Waals surface area contributed by atoms with Crippen LogP contribution in [0.1, 0.15) is 38.5 Å². The molecule has 0 heterocycles. The van der Waals surface area contributed by atoms with Gasteiger partial charge in [-0.25, -0.2) is 0 Å². The van der Waals surface area contributed by atoms with Crippen LogP contribution < -0.4 is 0 Å². The minimum absolute atomic E-state index is 0.115. The Morgan fingerprint density at radius 3 is 1.83 bits per heavy atom. The second-order valence-corrected chi connectivity index (χ2v) is 4.42. The zero-order valence-electron chi connectivity index (χ0n) is 7.45. The molecule has 0 aromatic rings. The lowest BCUT2D eigenvalue weighted by Gasteiger charge is -2.35. The first-order chi connectivity index (χ1) is 5.77. The maximum Gasteiger partial charge on any atom is 0.0598 e. The average molecular weight is 170 g/mol. The van der Waals surface area contributed by atoms with E-state index in [2.05, 4.69) is 0 Å². The molecule has 0 spiro atoms. The van der Waals surface area contributed by atoms with E-state index in [1.165, 1.54) is 12.8 Å². The molecule has 0 aromatic carbocycles. The Bertz CT molecular complexity index is 142. The minimum Gasteiger partial charge on any atom is -0.393 e. The van der Waals surface area contributed by atoms with Gasteiger partial charge in [0.15, 0.2) is 0 Å². The second kappa shape index (κ2) is 3.35. The summed E-state index contributed by atoms with van der Waals surface area (Å²) >= 11 is 0. The van der Waals surface area contributed by atoms with E-state index in [1.54, 1.807) is 0 Å². The van der Waals surface area contributed by atoms with E-state index in [0.717, 1.165) is 25.7 Å². The molecule has 0 aliphatic heterocycles. The van der Waals surface area contributed by atoms with Crippen molar-refractivity contribution < 1.29 is 10.2 Å². The SMILES string of the molecule is OC1C[C@H]2CCCC[C@@H](C1)C2O. The standard InChI is InChI=1S/C10H18O2/c11-9-5-7-3-1-2-4-8(6-9)10(7)12/h7-12H,1-6H2/t7-,8+,9?,10?. The summed E-state index contributed by atoms with van der Waals surface area (Å²) in [4.78, 5) is 0. The highest BCUT2D eigenvalue weighted by Gasteiger charge is 2.36. The summed E-state index contributed by atoms with van der Waals surface area (Å²) in [5, 5.41) is 19.4. The number of fused-ring (bicyclic) bond motifs is 2. The van der Waals surface area contributed by atoms with E-state index in [0.29, 0.717) is 11.8 Å². The Morgan fingerprint density at radius 1 is 0.833 bits per heavy atom. The Hall–Kier alpha value is -0.0800. The van der Waals surface area contributed by atoms with Crippen molar-refractivity contribution in [2.24, 2.45) is 11.8 Å². The van der Waals surface area contributed by atoms with Gasteiger partial charge in [-0.15, -0.1) is 0 Å². The van der Waals surface area contributed by atoms with Crippen molar-refractivity contribution in [1.82, 2.24) is 0 Å². The molecule has 0 amide bonds. The summed E-state index contributed by atoms with van der Waals surface area (Å²) in [6.07, 6.45) is 6.13. The molecule has 2 rings (SSSR count). The number of aliphatic hydroxyl groups is 2. The molecule has 2 bridgehead atoms. The molecular formula is C10H18O2. The third-order valence-electron chi connectivity index (χ3n) is 3.52. The van der Waals surface area contributed by atoms with Gasteiger partial charge in [0.05, 0.1) is 12.2 Å². The first-order valence-electron chi connectivity index (χ1n) is 5.13. The zero-order chi connectivity index (χ0) is 8.55. The normalized spacial score (nSPS) is 48.5. The fourth-order valence-corrected chi connectivity index (χ4v) is 2.85. The molecule has 0 radical (unpaired) electrons. The fourth-order valence-electron chi connectivity index (χ4n) is 2.85. The van der Waals surface area contributed by atoms with Crippen molar-refractivity contribution in [1.29, 1.82) is 0 Å². The first kappa shape index (κ1) is 8.52. The van der Waals surface area contributed by atoms with Crippen molar-refractivity contribution >= 4 is 0 Å². The van der Waals surface area contributed by atoms with Crippen LogP contribution in [0.4, 0.5) is 0 Å². The molecule has 2 unspecified atom stereocenters. The first-order valence-corrected chi connectivity index (χ1v) is 5.13. The molecule has 2 fully saturated rings. The van der Waals surface area contributed by atoms with Gasteiger partial charge in [-0.1, -0.05) is 12.8 Å². The summed E-state index contributed by atoms with van der Waals surface area (Å²) in [5.41, 5.74) is 0. The van der Waals surface area contributed by atoms with Crippen LogP contribution in [-0.2, 0) is 0 Å². The third kappa shape index (κ3) is 1.50. The van der Waals surface area contributed by atoms with Crippen molar-refractivity contribution in [3.05, 3.63) is 0 Å². The van der Waals surface area contributed by atoms with Crippen molar-refractivity contribution in [2.75, 3.05) is 0 Å². The van der Waals surface area contributed by atoms with E-state index in [-0.39, 0.29) is 12.2 Å². The van der Waals surface area contributed by atoms with Gasteiger partial charge in [0.25, 0.3) is 0 Å². The Kier molecular flexibility index (Phi) is 2.37. The monoisotopic (exact) mass is 170 g/mol. The maximum atomic E-state index is 9.88. The summed E-state index contributed by atoms with van der Waals surface area (Å²) in [6.45, 7) is 0. The average Bonchev–Trinajstić information content (AvgIpc) is 2.19. The minimum atomic E-state index is -0.138. The van der Waals surface area contributed by atoms with Crippen LogP contribution in [0.25, 0.3) is 0 Å². The summed E-state index contributed by atoms with van der Waals surface area (Å²) < 4.78 is 0. The van der Waals surface area contributed by atoms with Gasteiger partial charge < -0.3 is 10.2 Å². The fraction of sp³-hybridized carbons (Fsp3) is 1.00. The smallest absolute Gasteiger partial charge is 0.0598 e. The maximum absolute atomic E-state index is 9.88. The molecular weight excluding hydrogens is 152 g/mol. The Balaban J connectivity index is 2.08. The quantitative estimate of drug-likeness (QED) is 0.575. The molecule has 2 heteroatoms. The lowest BCUT2D eigenvalue weighted by molar-refractivity contribution is -0.0340. The molecule has 12 heavy (non-hydrogen) atoms. The molecule has 2 N–H and O–H groups in total. The van der Waals surface area contributed by atoms with Crippen LogP contribution in [0, 0.1) is 11.8 Å². The van der Waals surface area contributed by atoms with Crippen LogP contribution in [-0.4, -0.2) is 22.4 Å². The molecule has 70 valence electrons. The molecule has 0 saturated heterocycles. The molecule has 2 aliphatic carbocycles. The highest BCUT2D eigenvalue weighted by Crippen LogP contribution is 2.38. The predicted octanol–water partition coefficient (Wildman–Crippen LogP) is 1.31. The van der Waals surface area contributed by atoms with Crippen LogP contribution >= 0.6 is 0 Å². The van der Waals surface area contributed by atoms with Crippen molar-refractivity contribution in [2.45, 2.75) is 50.7 Å². The largest absolute Gasteiger partial charge is 0.393 e. The number of hydrogen-bond acceptors (Lipinski definition) is 2. The highest BCUT2D eigenvalue weighted by molar-refractivity contribution is 4.88. The zero-order valence-corrected chi connectivity index (χ0v) is 7.45. The Labute approximate surface area is 73.6 Å². The topological polar surface area (TPSA) is 40.5 Å². The van der Waals surface area contributed by atoms with Gasteiger partial charge in [0.1, 0.15) is 0 Å². The summed E-state index contributed by atoms with van der Waals surface area (Å²) in [6, 6.07) is 0. The van der Waals surface area contributed by atoms with E-state index in [1.807, 2.05) is 0 Å². The predicted molar refractivity (Wildman–Crippen MR) is 46.7 cm³/mol. The highest BCUT2D eigenvalue weighted by atomic mass is 16.3. The molecule has 0 aromatic heterocycles. The summed E-state index contributed by atoms with van der Waals surface area (Å²) in [7, 11) is 0. The van der Waals surface area contributed by atoms with E-state index >= 15 is 0 Å². The molecule has 2 saturated carbocycles. The van der Waals surface area contributed by atoms with E-state index in [4.69, 9.17) is 0 Å². The van der Waals surface area contributed by atoms with Crippen molar-refractivity contribution in [3.63, 3.8) is 0 Å². The molecule has 2 aliphatic rings. The van der Waals surface area contributed by atoms with Gasteiger partial charge in [-0.05, 0) is 37.5 Å². The Morgan fingerprint density at radius 2 is 1.33 bits per heavy atom. The van der Waals surface area contributed by atoms with Crippen molar-refractivity contribution in [3.8, 4) is 0 Å². The van der Waals surface area contributed by atoms with E-state index < -0.39 is 0 Å². The van der Waals surface area contributed by atoms with E-state index in [9.17, 15) is 10.2 Å². The van der Waals surface area contributed by atoms with Gasteiger partial charge in [0, 0.05) is 0 Å². The summed E-state index contributed by atoms with van der Waals surface area (Å²) in [5.74, 6) is 0.780. The van der Waals surface area contributed by atoms with Crippen LogP contribution in [0.2, 0.25) is 0 Å². The van der Waals surface area contributed by atoms with Gasteiger partial charge in [0.2, 0.25) is 0 Å². The second-order valence-electron chi connectivity index (χ2n) is 4.42. The van der Waals surface area contributed by atoms with Crippen LogP contribution in [0.3, 0.4) is 0 Å². The lowest BCUT2D eigenvalue weighted by atomic mass is 9.76. The van der Waals surface area contributed by atoms with Gasteiger partial charge in [-0.2, -0.15) is 0 Å². The van der Waals surface area contributed by atoms with Gasteiger partial charge in [-0.3, -0.25) is 0 Å². The number of hydrogen-bond donors (Lipinski definition) is 2. The molecule has 4 atom stereocenters. The van der Waals surface area contributed by atoms with Crippen LogP contribution in [0.5, 0.6) is 0 Å². The third-order valence-corrected chi connectivity index (χ3v) is 3.52.